The summed E-state index contributed by atoms with van der Waals surface area (Å²) in [5, 5.41) is 16.1. The summed E-state index contributed by atoms with van der Waals surface area (Å²) in [4.78, 5) is 11.9. The van der Waals surface area contributed by atoms with Crippen LogP contribution < -0.4 is 5.32 Å². The molecule has 0 saturated carbocycles. The monoisotopic (exact) mass is 288 g/mol. The number of carbonyl (C=O) groups is 1. The first-order valence-electron chi connectivity index (χ1n) is 6.46. The minimum atomic E-state index is -0.247. The number of hydrogen-bond acceptors (Lipinski definition) is 4. The minimum absolute atomic E-state index is 0.0628. The van der Waals surface area contributed by atoms with Crippen molar-refractivity contribution in [3.05, 3.63) is 16.5 Å². The van der Waals surface area contributed by atoms with E-state index in [0.29, 0.717) is 17.8 Å². The predicted octanol–water partition coefficient (Wildman–Crippen LogP) is 2.09. The minimum Gasteiger partial charge on any atom is -0.396 e. The lowest BCUT2D eigenvalue weighted by Crippen LogP contribution is -2.40. The van der Waals surface area contributed by atoms with Crippen LogP contribution in [-0.4, -0.2) is 29.3 Å². The number of aromatic nitrogens is 1. The molecule has 0 aliphatic heterocycles. The molecule has 0 aliphatic rings. The van der Waals surface area contributed by atoms with Gasteiger partial charge in [-0.3, -0.25) is 4.79 Å². The van der Waals surface area contributed by atoms with Crippen molar-refractivity contribution in [2.75, 3.05) is 13.2 Å². The fourth-order valence-corrected chi connectivity index (χ4v) is 2.09. The van der Waals surface area contributed by atoms with Crippen LogP contribution in [0.5, 0.6) is 0 Å². The molecule has 1 amide bonds. The van der Waals surface area contributed by atoms with Crippen LogP contribution in [-0.2, 0) is 11.2 Å². The highest BCUT2D eigenvalue weighted by Crippen LogP contribution is 2.24. The lowest BCUT2D eigenvalue weighted by molar-refractivity contribution is -0.121. The molecule has 0 bridgehead atoms. The summed E-state index contributed by atoms with van der Waals surface area (Å²) in [6.45, 7) is 6.28. The number of aliphatic hydroxyl groups is 1. The molecule has 1 aromatic heterocycles. The van der Waals surface area contributed by atoms with Crippen molar-refractivity contribution >= 4 is 17.5 Å². The normalized spacial score (nSPS) is 11.6. The zero-order valence-corrected chi connectivity index (χ0v) is 12.4. The SMILES string of the molecule is CCC(CC)(CO)CNC(=O)Cc1c(C)noc1Cl. The van der Waals surface area contributed by atoms with Gasteiger partial charge >= 0.3 is 0 Å². The van der Waals surface area contributed by atoms with E-state index in [1.165, 1.54) is 0 Å². The fourth-order valence-electron chi connectivity index (χ4n) is 1.85. The fraction of sp³-hybridized carbons (Fsp3) is 0.692. The Morgan fingerprint density at radius 3 is 2.53 bits per heavy atom. The average molecular weight is 289 g/mol. The Morgan fingerprint density at radius 2 is 2.11 bits per heavy atom. The quantitative estimate of drug-likeness (QED) is 0.805. The van der Waals surface area contributed by atoms with Crippen LogP contribution >= 0.6 is 11.6 Å². The highest BCUT2D eigenvalue weighted by atomic mass is 35.5. The number of nitrogens with one attached hydrogen (secondary N) is 1. The van der Waals surface area contributed by atoms with Crippen LogP contribution in [0, 0.1) is 12.3 Å². The van der Waals surface area contributed by atoms with E-state index in [9.17, 15) is 9.90 Å². The van der Waals surface area contributed by atoms with E-state index in [4.69, 9.17) is 16.1 Å². The second kappa shape index (κ2) is 6.91. The molecule has 0 unspecified atom stereocenters. The summed E-state index contributed by atoms with van der Waals surface area (Å²) in [6.07, 6.45) is 1.77. The lowest BCUT2D eigenvalue weighted by Gasteiger charge is -2.29. The summed E-state index contributed by atoms with van der Waals surface area (Å²) >= 11 is 5.81. The molecule has 0 aromatic carbocycles. The van der Waals surface area contributed by atoms with Crippen LogP contribution in [0.15, 0.2) is 4.52 Å². The number of rotatable bonds is 7. The maximum Gasteiger partial charge on any atom is 0.229 e. The molecule has 1 heterocycles. The maximum absolute atomic E-state index is 11.9. The third-order valence-corrected chi connectivity index (χ3v) is 4.07. The van der Waals surface area contributed by atoms with E-state index in [2.05, 4.69) is 10.5 Å². The molecule has 0 fully saturated rings. The van der Waals surface area contributed by atoms with Crippen LogP contribution in [0.25, 0.3) is 0 Å². The smallest absolute Gasteiger partial charge is 0.229 e. The van der Waals surface area contributed by atoms with Crippen molar-refractivity contribution in [3.8, 4) is 0 Å². The Hall–Kier alpha value is -1.07. The van der Waals surface area contributed by atoms with E-state index in [0.717, 1.165) is 12.8 Å². The van der Waals surface area contributed by atoms with Gasteiger partial charge in [-0.25, -0.2) is 0 Å². The molecule has 0 radical (unpaired) electrons. The molecule has 0 atom stereocenters. The lowest BCUT2D eigenvalue weighted by atomic mass is 9.83. The number of aliphatic hydroxyl groups excluding tert-OH is 1. The molecular weight excluding hydrogens is 268 g/mol. The third-order valence-electron chi connectivity index (χ3n) is 3.77. The van der Waals surface area contributed by atoms with Crippen molar-refractivity contribution in [2.24, 2.45) is 5.41 Å². The zero-order chi connectivity index (χ0) is 14.5. The van der Waals surface area contributed by atoms with Crippen LogP contribution in [0.4, 0.5) is 0 Å². The van der Waals surface area contributed by atoms with Crippen molar-refractivity contribution in [1.82, 2.24) is 10.5 Å². The van der Waals surface area contributed by atoms with Crippen LogP contribution in [0.2, 0.25) is 5.22 Å². The van der Waals surface area contributed by atoms with Gasteiger partial charge in [0.15, 0.2) is 0 Å². The maximum atomic E-state index is 11.9. The molecule has 1 rings (SSSR count). The topological polar surface area (TPSA) is 75.4 Å². The first-order valence-corrected chi connectivity index (χ1v) is 6.84. The molecule has 2 N–H and O–H groups in total. The number of nitrogens with zero attached hydrogens (tertiary/aromatic N) is 1. The van der Waals surface area contributed by atoms with Crippen molar-refractivity contribution in [3.63, 3.8) is 0 Å². The van der Waals surface area contributed by atoms with Gasteiger partial charge in [-0.2, -0.15) is 0 Å². The number of carbonyl (C=O) groups excluding carboxylic acids is 1. The third kappa shape index (κ3) is 3.94. The van der Waals surface area contributed by atoms with E-state index in [1.807, 2.05) is 13.8 Å². The highest BCUT2D eigenvalue weighted by Gasteiger charge is 2.26. The Balaban J connectivity index is 2.57. The number of hydrogen-bond donors (Lipinski definition) is 2. The van der Waals surface area contributed by atoms with Gasteiger partial charge < -0.3 is 14.9 Å². The van der Waals surface area contributed by atoms with Gasteiger partial charge in [-0.1, -0.05) is 19.0 Å². The van der Waals surface area contributed by atoms with Crippen molar-refractivity contribution in [2.45, 2.75) is 40.0 Å². The predicted molar refractivity (Wildman–Crippen MR) is 73.1 cm³/mol. The molecule has 0 spiro atoms. The van der Waals surface area contributed by atoms with E-state index in [-0.39, 0.29) is 29.6 Å². The molecule has 6 heteroatoms. The number of halogens is 1. The molecule has 19 heavy (non-hydrogen) atoms. The molecule has 108 valence electrons. The Bertz CT molecular complexity index is 400. The average Bonchev–Trinajstić information content (AvgIpc) is 2.73. The summed E-state index contributed by atoms with van der Waals surface area (Å²) in [5.74, 6) is -0.145. The van der Waals surface area contributed by atoms with Crippen LogP contribution in [0.3, 0.4) is 0 Å². The van der Waals surface area contributed by atoms with Crippen LogP contribution in [0.1, 0.15) is 37.9 Å². The Morgan fingerprint density at radius 1 is 1.47 bits per heavy atom. The number of aryl methyl sites for hydroxylation is 1. The first kappa shape index (κ1) is 16.0. The zero-order valence-electron chi connectivity index (χ0n) is 11.6. The number of amides is 1. The Labute approximate surface area is 118 Å². The van der Waals surface area contributed by atoms with Gasteiger partial charge in [-0.15, -0.1) is 0 Å². The summed E-state index contributed by atoms with van der Waals surface area (Å²) in [6, 6.07) is 0. The van der Waals surface area contributed by atoms with Gasteiger partial charge in [-0.05, 0) is 31.4 Å². The molecular formula is C13H21ClN2O3. The highest BCUT2D eigenvalue weighted by molar-refractivity contribution is 6.29. The second-order valence-corrected chi connectivity index (χ2v) is 5.18. The molecule has 5 nitrogen and oxygen atoms in total. The summed E-state index contributed by atoms with van der Waals surface area (Å²) in [7, 11) is 0. The van der Waals surface area contributed by atoms with Crippen molar-refractivity contribution in [1.29, 1.82) is 0 Å². The largest absolute Gasteiger partial charge is 0.396 e. The summed E-state index contributed by atoms with van der Waals surface area (Å²) < 4.78 is 4.80. The molecule has 1 aromatic rings. The van der Waals surface area contributed by atoms with Gasteiger partial charge in [0.1, 0.15) is 0 Å². The van der Waals surface area contributed by atoms with Gasteiger partial charge in [0.05, 0.1) is 18.7 Å². The summed E-state index contributed by atoms with van der Waals surface area (Å²) in [5.41, 5.74) is 0.990. The van der Waals surface area contributed by atoms with Crippen molar-refractivity contribution < 1.29 is 14.4 Å². The van der Waals surface area contributed by atoms with E-state index in [1.54, 1.807) is 6.92 Å². The standard InChI is InChI=1S/C13H21ClN2O3/c1-4-13(5-2,8-17)7-15-11(18)6-10-9(3)16-19-12(10)14/h17H,4-8H2,1-3H3,(H,15,18). The molecule has 0 saturated heterocycles. The van der Waals surface area contributed by atoms with Gasteiger partial charge in [0, 0.05) is 17.5 Å². The van der Waals surface area contributed by atoms with Gasteiger partial charge in [0.25, 0.3) is 0 Å². The van der Waals surface area contributed by atoms with E-state index >= 15 is 0 Å². The van der Waals surface area contributed by atoms with Gasteiger partial charge in [0.2, 0.25) is 11.1 Å². The van der Waals surface area contributed by atoms with E-state index < -0.39 is 0 Å². The molecule has 0 aliphatic carbocycles. The second-order valence-electron chi connectivity index (χ2n) is 4.84. The Kier molecular flexibility index (Phi) is 5.82. The first-order chi connectivity index (χ1) is 8.98.